The van der Waals surface area contributed by atoms with Gasteiger partial charge in [-0.15, -0.1) is 5.10 Å². The maximum atomic E-state index is 10.3. The van der Waals surface area contributed by atoms with Gasteiger partial charge >= 0.3 is 0 Å². The summed E-state index contributed by atoms with van der Waals surface area (Å²) in [5, 5.41) is 14.4. The van der Waals surface area contributed by atoms with Crippen molar-refractivity contribution < 1.29 is 9.84 Å². The first-order valence-corrected chi connectivity index (χ1v) is 6.51. The van der Waals surface area contributed by atoms with Crippen LogP contribution in [0.4, 0.5) is 0 Å². The summed E-state index contributed by atoms with van der Waals surface area (Å²) in [6.07, 6.45) is 4.28. The lowest BCUT2D eigenvalue weighted by Crippen LogP contribution is -2.02. The Bertz CT molecular complexity index is 516. The van der Waals surface area contributed by atoms with E-state index in [0.717, 1.165) is 23.4 Å². The average molecular weight is 265 g/mol. The third kappa shape index (κ3) is 2.65. The molecule has 1 unspecified atom stereocenters. The molecule has 6 heteroatoms. The number of aliphatic hydroxyl groups excluding tert-OH is 1. The summed E-state index contributed by atoms with van der Waals surface area (Å²) < 4.78 is 9.01. The summed E-state index contributed by atoms with van der Waals surface area (Å²) in [4.78, 5) is 4.83. The van der Waals surface area contributed by atoms with Crippen LogP contribution in [0.3, 0.4) is 0 Å². The number of methoxy groups -OCH3 is 1. The van der Waals surface area contributed by atoms with Crippen LogP contribution in [-0.2, 0) is 6.42 Å². The van der Waals surface area contributed by atoms with Crippen LogP contribution in [0.15, 0.2) is 18.5 Å². The van der Waals surface area contributed by atoms with E-state index in [0.29, 0.717) is 11.3 Å². The molecule has 2 aromatic rings. The van der Waals surface area contributed by atoms with Crippen molar-refractivity contribution in [1.29, 1.82) is 0 Å². The predicted molar refractivity (Wildman–Crippen MR) is 68.8 cm³/mol. The molecule has 2 rings (SSSR count). The van der Waals surface area contributed by atoms with Gasteiger partial charge in [0, 0.05) is 11.8 Å². The molecule has 0 amide bonds. The first kappa shape index (κ1) is 12.9. The fourth-order valence-corrected chi connectivity index (χ4v) is 2.39. The molecule has 0 bridgehead atoms. The highest BCUT2D eigenvalue weighted by atomic mass is 32.1. The minimum absolute atomic E-state index is 0.626. The largest absolute Gasteiger partial charge is 0.495 e. The van der Waals surface area contributed by atoms with Crippen molar-refractivity contribution in [2.75, 3.05) is 7.11 Å². The van der Waals surface area contributed by atoms with Gasteiger partial charge in [0.2, 0.25) is 0 Å². The van der Waals surface area contributed by atoms with Crippen molar-refractivity contribution in [2.24, 2.45) is 0 Å². The molecule has 1 atom stereocenters. The topological polar surface area (TPSA) is 68.1 Å². The summed E-state index contributed by atoms with van der Waals surface area (Å²) in [5.41, 5.74) is 1.55. The molecule has 0 radical (unpaired) electrons. The van der Waals surface area contributed by atoms with Crippen LogP contribution in [-0.4, -0.2) is 26.8 Å². The van der Waals surface area contributed by atoms with Gasteiger partial charge in [-0.05, 0) is 24.0 Å². The maximum Gasteiger partial charge on any atom is 0.137 e. The second-order valence-electron chi connectivity index (χ2n) is 3.89. The van der Waals surface area contributed by atoms with Gasteiger partial charge in [0.05, 0.1) is 23.9 Å². The van der Waals surface area contributed by atoms with Gasteiger partial charge < -0.3 is 9.84 Å². The molecule has 0 aliphatic heterocycles. The lowest BCUT2D eigenvalue weighted by atomic mass is 10.1. The van der Waals surface area contributed by atoms with Gasteiger partial charge in [0.1, 0.15) is 11.9 Å². The highest BCUT2D eigenvalue weighted by Crippen LogP contribution is 2.28. The molecule has 0 spiro atoms. The molecule has 0 saturated heterocycles. The van der Waals surface area contributed by atoms with Crippen molar-refractivity contribution in [3.05, 3.63) is 34.6 Å². The van der Waals surface area contributed by atoms with Crippen molar-refractivity contribution >= 4 is 11.5 Å². The summed E-state index contributed by atoms with van der Waals surface area (Å²) >= 11 is 1.23. The van der Waals surface area contributed by atoms with Crippen molar-refractivity contribution in [3.8, 4) is 5.75 Å². The normalized spacial score (nSPS) is 12.4. The van der Waals surface area contributed by atoms with E-state index in [-0.39, 0.29) is 0 Å². The zero-order valence-electron chi connectivity index (χ0n) is 10.3. The quantitative estimate of drug-likeness (QED) is 0.895. The van der Waals surface area contributed by atoms with Crippen LogP contribution < -0.4 is 4.74 Å². The standard InChI is InChI=1S/C12H15N3O2S/c1-3-4-10-12(18-15-14-10)11(16)8-5-9(17-2)7-13-6-8/h5-7,11,16H,3-4H2,1-2H3. The lowest BCUT2D eigenvalue weighted by Gasteiger charge is -2.10. The van der Waals surface area contributed by atoms with E-state index in [1.54, 1.807) is 25.6 Å². The Morgan fingerprint density at radius 2 is 2.28 bits per heavy atom. The number of pyridine rings is 1. The molecule has 18 heavy (non-hydrogen) atoms. The third-order valence-corrected chi connectivity index (χ3v) is 3.42. The lowest BCUT2D eigenvalue weighted by molar-refractivity contribution is 0.221. The minimum atomic E-state index is -0.742. The zero-order valence-corrected chi connectivity index (χ0v) is 11.1. The molecular formula is C12H15N3O2S. The number of aliphatic hydroxyl groups is 1. The first-order valence-electron chi connectivity index (χ1n) is 5.74. The van der Waals surface area contributed by atoms with Crippen molar-refractivity contribution in [1.82, 2.24) is 14.6 Å². The number of rotatable bonds is 5. The van der Waals surface area contributed by atoms with Gasteiger partial charge in [-0.1, -0.05) is 17.8 Å². The Balaban J connectivity index is 2.29. The zero-order chi connectivity index (χ0) is 13.0. The number of hydrogen-bond acceptors (Lipinski definition) is 6. The molecular weight excluding hydrogens is 250 g/mol. The van der Waals surface area contributed by atoms with E-state index in [4.69, 9.17) is 4.74 Å². The van der Waals surface area contributed by atoms with Crippen molar-refractivity contribution in [2.45, 2.75) is 25.9 Å². The van der Waals surface area contributed by atoms with Crippen molar-refractivity contribution in [3.63, 3.8) is 0 Å². The summed E-state index contributed by atoms with van der Waals surface area (Å²) in [6, 6.07) is 1.77. The highest BCUT2D eigenvalue weighted by molar-refractivity contribution is 7.05. The molecule has 1 N–H and O–H groups in total. The van der Waals surface area contributed by atoms with Crippen LogP contribution in [0, 0.1) is 0 Å². The maximum absolute atomic E-state index is 10.3. The van der Waals surface area contributed by atoms with E-state index >= 15 is 0 Å². The van der Waals surface area contributed by atoms with Gasteiger partial charge in [0.15, 0.2) is 0 Å². The van der Waals surface area contributed by atoms with Gasteiger partial charge in [0.25, 0.3) is 0 Å². The number of nitrogens with zero attached hydrogens (tertiary/aromatic N) is 3. The molecule has 0 aromatic carbocycles. The Kier molecular flexibility index (Phi) is 4.22. The fourth-order valence-electron chi connectivity index (χ4n) is 1.68. The number of hydrogen-bond donors (Lipinski definition) is 1. The van der Waals surface area contributed by atoms with Crippen LogP contribution in [0.5, 0.6) is 5.75 Å². The summed E-state index contributed by atoms with van der Waals surface area (Å²) in [6.45, 7) is 2.07. The smallest absolute Gasteiger partial charge is 0.137 e. The number of ether oxygens (including phenoxy) is 1. The van der Waals surface area contributed by atoms with Crippen LogP contribution in [0.25, 0.3) is 0 Å². The second kappa shape index (κ2) is 5.88. The van der Waals surface area contributed by atoms with Gasteiger partial charge in [-0.25, -0.2) is 0 Å². The van der Waals surface area contributed by atoms with E-state index in [1.807, 2.05) is 0 Å². The third-order valence-electron chi connectivity index (χ3n) is 2.61. The van der Waals surface area contributed by atoms with Gasteiger partial charge in [-0.3, -0.25) is 4.98 Å². The summed E-state index contributed by atoms with van der Waals surface area (Å²) in [5.74, 6) is 0.626. The average Bonchev–Trinajstić information content (AvgIpc) is 2.86. The molecule has 96 valence electrons. The Labute approximate surface area is 110 Å². The monoisotopic (exact) mass is 265 g/mol. The SMILES string of the molecule is CCCc1nnsc1C(O)c1cncc(OC)c1. The molecule has 2 heterocycles. The van der Waals surface area contributed by atoms with E-state index in [2.05, 4.69) is 21.5 Å². The van der Waals surface area contributed by atoms with Crippen LogP contribution in [0.1, 0.15) is 35.6 Å². The molecule has 0 saturated carbocycles. The number of aryl methyl sites for hydroxylation is 1. The second-order valence-corrected chi connectivity index (χ2v) is 4.68. The van der Waals surface area contributed by atoms with Gasteiger partial charge in [-0.2, -0.15) is 0 Å². The van der Waals surface area contributed by atoms with Crippen LogP contribution in [0.2, 0.25) is 0 Å². The molecule has 0 aliphatic carbocycles. The minimum Gasteiger partial charge on any atom is -0.495 e. The van der Waals surface area contributed by atoms with E-state index in [1.165, 1.54) is 11.5 Å². The Morgan fingerprint density at radius 1 is 1.44 bits per heavy atom. The predicted octanol–water partition coefficient (Wildman–Crippen LogP) is 1.98. The molecule has 5 nitrogen and oxygen atoms in total. The molecule has 2 aromatic heterocycles. The fraction of sp³-hybridized carbons (Fsp3) is 0.417. The Hall–Kier alpha value is -1.53. The molecule has 0 fully saturated rings. The highest BCUT2D eigenvalue weighted by Gasteiger charge is 2.19. The Morgan fingerprint density at radius 3 is 3.00 bits per heavy atom. The molecule has 0 aliphatic rings. The number of aromatic nitrogens is 3. The first-order chi connectivity index (χ1) is 8.76. The van der Waals surface area contributed by atoms with E-state index in [9.17, 15) is 5.11 Å². The van der Waals surface area contributed by atoms with Crippen LogP contribution >= 0.6 is 11.5 Å². The van der Waals surface area contributed by atoms with E-state index < -0.39 is 6.10 Å². The summed E-state index contributed by atoms with van der Waals surface area (Å²) in [7, 11) is 1.57.